The van der Waals surface area contributed by atoms with Gasteiger partial charge in [-0.15, -0.1) is 0 Å². The second kappa shape index (κ2) is 6.02. The number of aliphatic imine (C=N–C) groups is 1. The topological polar surface area (TPSA) is 17.3 Å². The molecule has 0 aliphatic rings. The molecule has 3 rings (SSSR count). The first-order valence-electron chi connectivity index (χ1n) is 7.50. The minimum atomic E-state index is 0.990. The van der Waals surface area contributed by atoms with Crippen LogP contribution in [0.15, 0.2) is 65.7 Å². The maximum absolute atomic E-state index is 4.61. The number of aryl methyl sites for hydroxylation is 2. The van der Waals surface area contributed by atoms with E-state index < -0.39 is 0 Å². The van der Waals surface area contributed by atoms with Gasteiger partial charge in [0.1, 0.15) is 0 Å². The average Bonchev–Trinajstić information content (AvgIpc) is 2.80. The van der Waals surface area contributed by atoms with E-state index in [1.54, 1.807) is 0 Å². The zero-order valence-corrected chi connectivity index (χ0v) is 13.2. The number of aromatic nitrogens is 1. The number of nitrogens with zero attached hydrogens (tertiary/aromatic N) is 2. The molecule has 0 saturated heterocycles. The van der Waals surface area contributed by atoms with E-state index in [2.05, 4.69) is 72.8 Å². The highest BCUT2D eigenvalue weighted by molar-refractivity contribution is 5.84. The molecule has 1 aromatic heterocycles. The number of benzene rings is 2. The van der Waals surface area contributed by atoms with Crippen LogP contribution >= 0.6 is 0 Å². The molecule has 2 heteroatoms. The molecule has 1 heterocycles. The minimum absolute atomic E-state index is 0.990. The van der Waals surface area contributed by atoms with E-state index in [4.69, 9.17) is 0 Å². The Morgan fingerprint density at radius 2 is 1.64 bits per heavy atom. The normalized spacial score (nSPS) is 11.2. The Bertz CT molecular complexity index is 811. The van der Waals surface area contributed by atoms with Crippen LogP contribution in [-0.2, 0) is 0 Å². The van der Waals surface area contributed by atoms with Gasteiger partial charge in [0.25, 0.3) is 0 Å². The molecule has 2 aromatic carbocycles. The highest BCUT2D eigenvalue weighted by Crippen LogP contribution is 2.20. The largest absolute Gasteiger partial charge is 0.318 e. The van der Waals surface area contributed by atoms with E-state index in [1.165, 1.54) is 22.6 Å². The van der Waals surface area contributed by atoms with Crippen molar-refractivity contribution in [3.63, 3.8) is 0 Å². The molecule has 2 nitrogen and oxygen atoms in total. The van der Waals surface area contributed by atoms with Gasteiger partial charge in [-0.2, -0.15) is 0 Å². The number of para-hydroxylation sites is 1. The van der Waals surface area contributed by atoms with E-state index in [9.17, 15) is 0 Å². The van der Waals surface area contributed by atoms with Gasteiger partial charge in [0, 0.05) is 28.9 Å². The highest BCUT2D eigenvalue weighted by Gasteiger charge is 2.08. The fraction of sp³-hybridized carbons (Fsp3) is 0.150. The maximum atomic E-state index is 4.61. The van der Waals surface area contributed by atoms with E-state index in [0.29, 0.717) is 0 Å². The van der Waals surface area contributed by atoms with Crippen molar-refractivity contribution >= 4 is 11.9 Å². The van der Waals surface area contributed by atoms with Gasteiger partial charge in [-0.1, -0.05) is 30.3 Å². The van der Waals surface area contributed by atoms with Crippen LogP contribution in [-0.4, -0.2) is 10.8 Å². The van der Waals surface area contributed by atoms with Gasteiger partial charge in [-0.25, -0.2) is 0 Å². The van der Waals surface area contributed by atoms with Crippen LogP contribution in [0.3, 0.4) is 0 Å². The zero-order chi connectivity index (χ0) is 15.5. The van der Waals surface area contributed by atoms with Gasteiger partial charge in [0.2, 0.25) is 0 Å². The summed E-state index contributed by atoms with van der Waals surface area (Å²) in [6, 6.07) is 20.8. The van der Waals surface area contributed by atoms with Gasteiger partial charge in [0.05, 0.1) is 5.69 Å². The molecule has 110 valence electrons. The molecule has 0 aliphatic carbocycles. The minimum Gasteiger partial charge on any atom is -0.318 e. The standard InChI is InChI=1S/C20H20N2/c1-15-8-7-9-19(12-15)21-14-18-13-16(2)22(17(18)3)20-10-5-4-6-11-20/h4-14H,1-3H3. The average molecular weight is 288 g/mol. The molecule has 0 fully saturated rings. The van der Waals surface area contributed by atoms with Crippen LogP contribution in [0.4, 0.5) is 5.69 Å². The summed E-state index contributed by atoms with van der Waals surface area (Å²) in [6.07, 6.45) is 1.95. The third kappa shape index (κ3) is 2.86. The lowest BCUT2D eigenvalue weighted by Gasteiger charge is -2.08. The number of hydrogen-bond donors (Lipinski definition) is 0. The van der Waals surface area contributed by atoms with Gasteiger partial charge < -0.3 is 4.57 Å². The summed E-state index contributed by atoms with van der Waals surface area (Å²) in [7, 11) is 0. The van der Waals surface area contributed by atoms with Crippen molar-refractivity contribution in [2.45, 2.75) is 20.8 Å². The molecule has 0 bridgehead atoms. The summed E-state index contributed by atoms with van der Waals surface area (Å²) in [5, 5.41) is 0. The van der Waals surface area contributed by atoms with E-state index in [-0.39, 0.29) is 0 Å². The van der Waals surface area contributed by atoms with E-state index >= 15 is 0 Å². The van der Waals surface area contributed by atoms with Gasteiger partial charge in [0.15, 0.2) is 0 Å². The van der Waals surface area contributed by atoms with Crippen LogP contribution in [0.2, 0.25) is 0 Å². The van der Waals surface area contributed by atoms with Crippen molar-refractivity contribution in [2.75, 3.05) is 0 Å². The summed E-state index contributed by atoms with van der Waals surface area (Å²) < 4.78 is 2.26. The fourth-order valence-electron chi connectivity index (χ4n) is 2.75. The Balaban J connectivity index is 1.96. The van der Waals surface area contributed by atoms with Crippen molar-refractivity contribution < 1.29 is 0 Å². The Labute approximate surface area is 131 Å². The Morgan fingerprint density at radius 3 is 2.36 bits per heavy atom. The Hall–Kier alpha value is -2.61. The molecule has 0 radical (unpaired) electrons. The lowest BCUT2D eigenvalue weighted by Crippen LogP contribution is -1.98. The second-order valence-corrected chi connectivity index (χ2v) is 5.59. The first-order valence-corrected chi connectivity index (χ1v) is 7.50. The van der Waals surface area contributed by atoms with Crippen molar-refractivity contribution in [3.05, 3.63) is 83.2 Å². The molecule has 0 saturated carbocycles. The fourth-order valence-corrected chi connectivity index (χ4v) is 2.75. The lowest BCUT2D eigenvalue weighted by atomic mass is 10.2. The summed E-state index contributed by atoms with van der Waals surface area (Å²) in [4.78, 5) is 4.61. The molecule has 3 aromatic rings. The number of hydrogen-bond acceptors (Lipinski definition) is 1. The van der Waals surface area contributed by atoms with E-state index in [0.717, 1.165) is 11.3 Å². The summed E-state index contributed by atoms with van der Waals surface area (Å²) >= 11 is 0. The SMILES string of the molecule is Cc1cccc(N=Cc2cc(C)n(-c3ccccc3)c2C)c1. The van der Waals surface area contributed by atoms with Crippen LogP contribution in [0.1, 0.15) is 22.5 Å². The molecule has 0 aliphatic heterocycles. The lowest BCUT2D eigenvalue weighted by molar-refractivity contribution is 0.965. The van der Waals surface area contributed by atoms with Gasteiger partial charge in [-0.3, -0.25) is 4.99 Å². The number of rotatable bonds is 3. The summed E-state index contributed by atoms with van der Waals surface area (Å²) in [6.45, 7) is 6.35. The van der Waals surface area contributed by atoms with Gasteiger partial charge >= 0.3 is 0 Å². The molecule has 0 unspecified atom stereocenters. The third-order valence-corrected chi connectivity index (χ3v) is 3.84. The first kappa shape index (κ1) is 14.3. The summed E-state index contributed by atoms with van der Waals surface area (Å²) in [5.74, 6) is 0. The van der Waals surface area contributed by atoms with Crippen molar-refractivity contribution in [1.29, 1.82) is 0 Å². The molecular weight excluding hydrogens is 268 g/mol. The van der Waals surface area contributed by atoms with Crippen molar-refractivity contribution in [3.8, 4) is 5.69 Å². The highest BCUT2D eigenvalue weighted by atomic mass is 15.0. The molecular formula is C20H20N2. The Kier molecular flexibility index (Phi) is 3.92. The predicted octanol–water partition coefficient (Wildman–Crippen LogP) is 5.15. The first-order chi connectivity index (χ1) is 10.6. The van der Waals surface area contributed by atoms with Gasteiger partial charge in [-0.05, 0) is 56.7 Å². The molecule has 0 atom stereocenters. The molecule has 0 N–H and O–H groups in total. The smallest absolute Gasteiger partial charge is 0.0632 e. The van der Waals surface area contributed by atoms with E-state index in [1.807, 2.05) is 24.4 Å². The van der Waals surface area contributed by atoms with Crippen LogP contribution in [0, 0.1) is 20.8 Å². The van der Waals surface area contributed by atoms with Crippen LogP contribution in [0.5, 0.6) is 0 Å². The Morgan fingerprint density at radius 1 is 0.864 bits per heavy atom. The monoisotopic (exact) mass is 288 g/mol. The molecule has 22 heavy (non-hydrogen) atoms. The predicted molar refractivity (Wildman–Crippen MR) is 93.7 cm³/mol. The summed E-state index contributed by atoms with van der Waals surface area (Å²) in [5.41, 5.74) is 6.99. The zero-order valence-electron chi connectivity index (χ0n) is 13.2. The van der Waals surface area contributed by atoms with Crippen molar-refractivity contribution in [1.82, 2.24) is 4.57 Å². The van der Waals surface area contributed by atoms with Crippen molar-refractivity contribution in [2.24, 2.45) is 4.99 Å². The van der Waals surface area contributed by atoms with Crippen LogP contribution < -0.4 is 0 Å². The van der Waals surface area contributed by atoms with Crippen LogP contribution in [0.25, 0.3) is 5.69 Å². The molecule has 0 spiro atoms. The second-order valence-electron chi connectivity index (χ2n) is 5.59. The maximum Gasteiger partial charge on any atom is 0.0632 e. The molecule has 0 amide bonds. The quantitative estimate of drug-likeness (QED) is 0.593. The third-order valence-electron chi connectivity index (χ3n) is 3.84.